The number of rotatable bonds is 6. The van der Waals surface area contributed by atoms with Crippen molar-refractivity contribution in [3.63, 3.8) is 0 Å². The predicted octanol–water partition coefficient (Wildman–Crippen LogP) is 4.90. The molecule has 0 bridgehead atoms. The molecule has 4 nitrogen and oxygen atoms in total. The average Bonchev–Trinajstić information content (AvgIpc) is 2.91. The largest absolute Gasteiger partial charge is 0.315 e. The highest BCUT2D eigenvalue weighted by atomic mass is 16.2. The Balaban J connectivity index is 1.70. The van der Waals surface area contributed by atoms with Gasteiger partial charge in [0.15, 0.2) is 0 Å². The maximum absolute atomic E-state index is 12.8. The molecule has 0 saturated carbocycles. The van der Waals surface area contributed by atoms with Crippen LogP contribution in [0.5, 0.6) is 0 Å². The summed E-state index contributed by atoms with van der Waals surface area (Å²) in [6, 6.07) is 14.4. The lowest BCUT2D eigenvalue weighted by Crippen LogP contribution is -2.26. The highest BCUT2D eigenvalue weighted by molar-refractivity contribution is 5.96. The van der Waals surface area contributed by atoms with Gasteiger partial charge in [-0.25, -0.2) is 0 Å². The number of aromatic nitrogens is 2. The third kappa shape index (κ3) is 4.21. The summed E-state index contributed by atoms with van der Waals surface area (Å²) in [5, 5.41) is 6.99. The number of anilines is 1. The number of hydrogen-bond donors (Lipinski definition) is 0. The molecule has 1 aromatic heterocycles. The lowest BCUT2D eigenvalue weighted by atomic mass is 10.1. The van der Waals surface area contributed by atoms with Crippen molar-refractivity contribution < 1.29 is 4.79 Å². The Bertz CT molecular complexity index is 955. The van der Waals surface area contributed by atoms with Crippen molar-refractivity contribution in [2.24, 2.45) is 5.92 Å². The van der Waals surface area contributed by atoms with Gasteiger partial charge in [0.25, 0.3) is 0 Å². The van der Waals surface area contributed by atoms with E-state index in [4.69, 9.17) is 0 Å². The molecule has 1 amide bonds. The number of carbonyl (C=O) groups is 1. The minimum atomic E-state index is 0.126. The number of fused-ring (bicyclic) bond motifs is 1. The summed E-state index contributed by atoms with van der Waals surface area (Å²) in [4.78, 5) is 14.5. The maximum atomic E-state index is 12.8. The molecule has 2 aromatic carbocycles. The molecule has 0 radical (unpaired) electrons. The second kappa shape index (κ2) is 7.95. The first-order valence-electron chi connectivity index (χ1n) is 9.65. The summed E-state index contributed by atoms with van der Waals surface area (Å²) in [5.41, 5.74) is 4.36. The topological polar surface area (TPSA) is 38.1 Å². The van der Waals surface area contributed by atoms with E-state index in [1.54, 1.807) is 4.90 Å². The molecule has 3 rings (SSSR count). The zero-order valence-corrected chi connectivity index (χ0v) is 17.0. The van der Waals surface area contributed by atoms with E-state index in [-0.39, 0.29) is 5.91 Å². The van der Waals surface area contributed by atoms with Crippen LogP contribution >= 0.6 is 0 Å². The van der Waals surface area contributed by atoms with Gasteiger partial charge in [0.2, 0.25) is 5.91 Å². The smallest absolute Gasteiger partial charge is 0.227 e. The molecule has 1 heterocycles. The van der Waals surface area contributed by atoms with Crippen molar-refractivity contribution >= 4 is 22.4 Å². The van der Waals surface area contributed by atoms with Crippen molar-refractivity contribution in [3.05, 3.63) is 59.4 Å². The first-order chi connectivity index (χ1) is 12.9. The van der Waals surface area contributed by atoms with Gasteiger partial charge in [-0.05, 0) is 54.7 Å². The summed E-state index contributed by atoms with van der Waals surface area (Å²) in [7, 11) is 1.86. The van der Waals surface area contributed by atoms with E-state index in [0.29, 0.717) is 12.3 Å². The summed E-state index contributed by atoms with van der Waals surface area (Å²) < 4.78 is 2.08. The Hall–Kier alpha value is -2.62. The van der Waals surface area contributed by atoms with Gasteiger partial charge in [0.05, 0.1) is 5.69 Å². The first-order valence-corrected chi connectivity index (χ1v) is 9.65. The van der Waals surface area contributed by atoms with Gasteiger partial charge in [-0.3, -0.25) is 9.48 Å². The van der Waals surface area contributed by atoms with E-state index in [2.05, 4.69) is 54.8 Å². The molecule has 0 aliphatic carbocycles. The van der Waals surface area contributed by atoms with Crippen molar-refractivity contribution in [2.45, 2.75) is 47.1 Å². The Kier molecular flexibility index (Phi) is 5.64. The SMILES string of the molecule is Cc1nn(CC(C)C)c(C)c1CCC(=O)N(C)c1ccc2ccccc2c1. The van der Waals surface area contributed by atoms with Gasteiger partial charge in [-0.15, -0.1) is 0 Å². The quantitative estimate of drug-likeness (QED) is 0.624. The molecule has 142 valence electrons. The Morgan fingerprint density at radius 2 is 1.81 bits per heavy atom. The van der Waals surface area contributed by atoms with Crippen LogP contribution in [0, 0.1) is 19.8 Å². The molecule has 0 N–H and O–H groups in total. The third-order valence-electron chi connectivity index (χ3n) is 5.15. The molecule has 4 heteroatoms. The first kappa shape index (κ1) is 19.2. The standard InChI is InChI=1S/C23H29N3O/c1-16(2)15-26-18(4)22(17(3)24-26)12-13-23(27)25(5)21-11-10-19-8-6-7-9-20(19)14-21/h6-11,14,16H,12-13,15H2,1-5H3. The van der Waals surface area contributed by atoms with Crippen LogP contribution in [0.2, 0.25) is 0 Å². The van der Waals surface area contributed by atoms with Crippen molar-refractivity contribution in [1.29, 1.82) is 0 Å². The fraction of sp³-hybridized carbons (Fsp3) is 0.391. The molecule has 0 fully saturated rings. The fourth-order valence-electron chi connectivity index (χ4n) is 3.55. The van der Waals surface area contributed by atoms with Gasteiger partial charge in [-0.1, -0.05) is 44.2 Å². The van der Waals surface area contributed by atoms with Crippen LogP contribution in [0.15, 0.2) is 42.5 Å². The van der Waals surface area contributed by atoms with Crippen LogP contribution < -0.4 is 4.90 Å². The van der Waals surface area contributed by atoms with E-state index in [9.17, 15) is 4.79 Å². The molecule has 0 aliphatic rings. The zero-order valence-electron chi connectivity index (χ0n) is 17.0. The van der Waals surface area contributed by atoms with Crippen LogP contribution in [-0.4, -0.2) is 22.7 Å². The van der Waals surface area contributed by atoms with Crippen molar-refractivity contribution in [3.8, 4) is 0 Å². The van der Waals surface area contributed by atoms with E-state index < -0.39 is 0 Å². The number of amides is 1. The van der Waals surface area contributed by atoms with Crippen LogP contribution in [0.3, 0.4) is 0 Å². The number of hydrogen-bond acceptors (Lipinski definition) is 2. The van der Waals surface area contributed by atoms with Crippen LogP contribution in [0.1, 0.15) is 37.2 Å². The Labute approximate surface area is 161 Å². The molecule has 0 spiro atoms. The normalized spacial score (nSPS) is 11.3. The Morgan fingerprint density at radius 1 is 1.11 bits per heavy atom. The molecule has 3 aromatic rings. The van der Waals surface area contributed by atoms with E-state index in [0.717, 1.165) is 29.7 Å². The molecule has 0 saturated heterocycles. The molecular weight excluding hydrogens is 334 g/mol. The van der Waals surface area contributed by atoms with Gasteiger partial charge in [0.1, 0.15) is 0 Å². The number of aryl methyl sites for hydroxylation is 1. The van der Waals surface area contributed by atoms with Crippen LogP contribution in [0.4, 0.5) is 5.69 Å². The lowest BCUT2D eigenvalue weighted by molar-refractivity contribution is -0.118. The lowest BCUT2D eigenvalue weighted by Gasteiger charge is -2.18. The number of benzene rings is 2. The highest BCUT2D eigenvalue weighted by Gasteiger charge is 2.16. The van der Waals surface area contributed by atoms with Gasteiger partial charge >= 0.3 is 0 Å². The summed E-state index contributed by atoms with van der Waals surface area (Å²) in [6.45, 7) is 9.44. The van der Waals surface area contributed by atoms with E-state index in [1.807, 2.05) is 32.2 Å². The summed E-state index contributed by atoms with van der Waals surface area (Å²) >= 11 is 0. The third-order valence-corrected chi connectivity index (χ3v) is 5.15. The van der Waals surface area contributed by atoms with Crippen LogP contribution in [-0.2, 0) is 17.8 Å². The molecule has 0 unspecified atom stereocenters. The summed E-state index contributed by atoms with van der Waals surface area (Å²) in [5.74, 6) is 0.678. The highest BCUT2D eigenvalue weighted by Crippen LogP contribution is 2.23. The van der Waals surface area contributed by atoms with Gasteiger partial charge < -0.3 is 4.90 Å². The van der Waals surface area contributed by atoms with Crippen molar-refractivity contribution in [2.75, 3.05) is 11.9 Å². The molecule has 0 aliphatic heterocycles. The average molecular weight is 364 g/mol. The van der Waals surface area contributed by atoms with Crippen molar-refractivity contribution in [1.82, 2.24) is 9.78 Å². The second-order valence-electron chi connectivity index (χ2n) is 7.71. The minimum absolute atomic E-state index is 0.126. The molecule has 0 atom stereocenters. The summed E-state index contributed by atoms with van der Waals surface area (Å²) in [6.07, 6.45) is 1.21. The molecular formula is C23H29N3O. The Morgan fingerprint density at radius 3 is 2.52 bits per heavy atom. The minimum Gasteiger partial charge on any atom is -0.315 e. The fourth-order valence-corrected chi connectivity index (χ4v) is 3.55. The van der Waals surface area contributed by atoms with Crippen LogP contribution in [0.25, 0.3) is 10.8 Å². The maximum Gasteiger partial charge on any atom is 0.227 e. The van der Waals surface area contributed by atoms with Gasteiger partial charge in [-0.2, -0.15) is 5.10 Å². The van der Waals surface area contributed by atoms with Gasteiger partial charge in [0, 0.05) is 31.4 Å². The monoisotopic (exact) mass is 363 g/mol. The van der Waals surface area contributed by atoms with E-state index in [1.165, 1.54) is 16.6 Å². The van der Waals surface area contributed by atoms with E-state index >= 15 is 0 Å². The number of nitrogens with zero attached hydrogens (tertiary/aromatic N) is 3. The zero-order chi connectivity index (χ0) is 19.6. The molecule has 27 heavy (non-hydrogen) atoms. The second-order valence-corrected chi connectivity index (χ2v) is 7.71. The number of carbonyl (C=O) groups excluding carboxylic acids is 1. The predicted molar refractivity (Wildman–Crippen MR) is 112 cm³/mol.